The quantitative estimate of drug-likeness (QED) is 0.349. The molecule has 2 atom stereocenters. The number of nitrogens with zero attached hydrogens (tertiary/aromatic N) is 1. The summed E-state index contributed by atoms with van der Waals surface area (Å²) < 4.78 is 5.28. The van der Waals surface area contributed by atoms with Crippen LogP contribution >= 0.6 is 11.6 Å². The Labute approximate surface area is 190 Å². The highest BCUT2D eigenvalue weighted by molar-refractivity contribution is 6.34. The number of carbonyl (C=O) groups is 3. The minimum absolute atomic E-state index is 0.0268. The molecule has 0 saturated carbocycles. The number of nitro groups is 1. The predicted octanol–water partition coefficient (Wildman–Crippen LogP) is 3.88. The second-order valence-electron chi connectivity index (χ2n) is 7.50. The highest BCUT2D eigenvalue weighted by Gasteiger charge is 2.30. The van der Waals surface area contributed by atoms with Crippen molar-refractivity contribution >= 4 is 40.8 Å². The molecule has 2 aromatic rings. The molecule has 170 valence electrons. The number of amides is 2. The minimum Gasteiger partial charge on any atom is -0.451 e. The van der Waals surface area contributed by atoms with Crippen molar-refractivity contribution in [2.24, 2.45) is 5.92 Å². The smallest absolute Gasteiger partial charge is 0.329 e. The summed E-state index contributed by atoms with van der Waals surface area (Å²) in [6.45, 7) is 6.65. The number of hydrogen-bond acceptors (Lipinski definition) is 6. The van der Waals surface area contributed by atoms with Crippen LogP contribution in [0.3, 0.4) is 0 Å². The first-order valence-electron chi connectivity index (χ1n) is 9.83. The van der Waals surface area contributed by atoms with Crippen LogP contribution in [0.5, 0.6) is 0 Å². The van der Waals surface area contributed by atoms with Crippen LogP contribution in [0.2, 0.25) is 5.02 Å². The number of esters is 1. The first-order valence-corrected chi connectivity index (χ1v) is 10.2. The molecule has 2 rings (SSSR count). The molecular formula is C22H24ClN3O6. The number of nitrogens with one attached hydrogen (secondary N) is 2. The molecule has 0 bridgehead atoms. The molecule has 0 heterocycles. The van der Waals surface area contributed by atoms with Crippen LogP contribution in [0, 0.1) is 23.0 Å². The number of aryl methyl sites for hydroxylation is 1. The number of para-hydroxylation sites is 1. The maximum Gasteiger partial charge on any atom is 0.329 e. The highest BCUT2D eigenvalue weighted by atomic mass is 35.5. The maximum absolute atomic E-state index is 12.7. The Hall–Kier alpha value is -3.46. The lowest BCUT2D eigenvalue weighted by molar-refractivity contribution is -0.384. The summed E-state index contributed by atoms with van der Waals surface area (Å²) in [7, 11) is 0. The molecule has 10 heteroatoms. The van der Waals surface area contributed by atoms with E-state index >= 15 is 0 Å². The van der Waals surface area contributed by atoms with E-state index in [-0.39, 0.29) is 22.2 Å². The van der Waals surface area contributed by atoms with Gasteiger partial charge >= 0.3 is 5.97 Å². The summed E-state index contributed by atoms with van der Waals surface area (Å²) in [5, 5.41) is 15.9. The molecule has 9 nitrogen and oxygen atoms in total. The molecule has 0 fully saturated rings. The number of halogens is 1. The summed E-state index contributed by atoms with van der Waals surface area (Å²) in [6.07, 6.45) is -1.11. The molecule has 32 heavy (non-hydrogen) atoms. The number of non-ortho nitro benzene ring substituents is 1. The van der Waals surface area contributed by atoms with Gasteiger partial charge in [-0.3, -0.25) is 19.7 Å². The van der Waals surface area contributed by atoms with E-state index in [2.05, 4.69) is 10.6 Å². The maximum atomic E-state index is 12.7. The third-order valence-corrected chi connectivity index (χ3v) is 4.99. The monoisotopic (exact) mass is 461 g/mol. The van der Waals surface area contributed by atoms with Crippen molar-refractivity contribution in [3.8, 4) is 0 Å². The van der Waals surface area contributed by atoms with Crippen molar-refractivity contribution in [1.82, 2.24) is 5.32 Å². The zero-order valence-electron chi connectivity index (χ0n) is 18.0. The molecule has 2 amide bonds. The Morgan fingerprint density at radius 1 is 1.09 bits per heavy atom. The van der Waals surface area contributed by atoms with Gasteiger partial charge in [0.15, 0.2) is 6.10 Å². The molecule has 2 unspecified atom stereocenters. The Kier molecular flexibility index (Phi) is 8.31. The lowest BCUT2D eigenvalue weighted by atomic mass is 10.0. The van der Waals surface area contributed by atoms with Crippen LogP contribution in [0.25, 0.3) is 0 Å². The van der Waals surface area contributed by atoms with Crippen LogP contribution in [0.1, 0.15) is 36.7 Å². The summed E-state index contributed by atoms with van der Waals surface area (Å²) in [5.41, 5.74) is 1.16. The van der Waals surface area contributed by atoms with Crippen molar-refractivity contribution < 1.29 is 24.0 Å². The predicted molar refractivity (Wildman–Crippen MR) is 120 cm³/mol. The second-order valence-corrected chi connectivity index (χ2v) is 7.91. The second kappa shape index (κ2) is 10.7. The summed E-state index contributed by atoms with van der Waals surface area (Å²) >= 11 is 5.99. The van der Waals surface area contributed by atoms with Crippen molar-refractivity contribution in [2.75, 3.05) is 5.32 Å². The lowest BCUT2D eigenvalue weighted by Gasteiger charge is -2.23. The molecule has 2 aromatic carbocycles. The number of ether oxygens (including phenoxy) is 1. The van der Waals surface area contributed by atoms with Crippen LogP contribution in [0.15, 0.2) is 42.5 Å². The topological polar surface area (TPSA) is 128 Å². The first kappa shape index (κ1) is 24.8. The van der Waals surface area contributed by atoms with E-state index in [1.807, 2.05) is 19.1 Å². The van der Waals surface area contributed by atoms with Gasteiger partial charge in [-0.1, -0.05) is 43.6 Å². The highest BCUT2D eigenvalue weighted by Crippen LogP contribution is 2.23. The van der Waals surface area contributed by atoms with Crippen LogP contribution in [-0.4, -0.2) is 34.9 Å². The Morgan fingerprint density at radius 2 is 1.75 bits per heavy atom. The standard InChI is InChI=1S/C22H24ClN3O6/c1-12(2)19(25-21(28)16-10-9-15(26(30)31)11-17(16)23)22(29)32-14(4)20(27)24-18-8-6-5-7-13(18)3/h5-12,14,19H,1-4H3,(H,24,27)(H,25,28). The Balaban J connectivity index is 2.07. The molecule has 0 radical (unpaired) electrons. The molecule has 0 saturated heterocycles. The summed E-state index contributed by atoms with van der Waals surface area (Å²) in [6, 6.07) is 9.50. The van der Waals surface area contributed by atoms with Crippen LogP contribution in [0.4, 0.5) is 11.4 Å². The number of rotatable bonds is 8. The minimum atomic E-state index is -1.11. The molecule has 0 aliphatic heterocycles. The average Bonchev–Trinajstić information content (AvgIpc) is 2.72. The molecular weight excluding hydrogens is 438 g/mol. The van der Waals surface area contributed by atoms with E-state index in [0.29, 0.717) is 5.69 Å². The first-order chi connectivity index (χ1) is 15.0. The third kappa shape index (κ3) is 6.27. The zero-order chi connectivity index (χ0) is 24.0. The van der Waals surface area contributed by atoms with Gasteiger partial charge in [-0.2, -0.15) is 0 Å². The molecule has 0 spiro atoms. The van der Waals surface area contributed by atoms with Gasteiger partial charge in [0, 0.05) is 17.8 Å². The average molecular weight is 462 g/mol. The zero-order valence-corrected chi connectivity index (χ0v) is 18.8. The molecule has 2 N–H and O–H groups in total. The van der Waals surface area contributed by atoms with Crippen LogP contribution < -0.4 is 10.6 Å². The van der Waals surface area contributed by atoms with E-state index in [9.17, 15) is 24.5 Å². The molecule has 0 aliphatic rings. The van der Waals surface area contributed by atoms with Gasteiger partial charge in [-0.25, -0.2) is 4.79 Å². The largest absolute Gasteiger partial charge is 0.451 e. The van der Waals surface area contributed by atoms with Gasteiger partial charge in [-0.05, 0) is 37.5 Å². The van der Waals surface area contributed by atoms with Gasteiger partial charge in [-0.15, -0.1) is 0 Å². The van der Waals surface area contributed by atoms with Crippen molar-refractivity contribution in [2.45, 2.75) is 39.8 Å². The van der Waals surface area contributed by atoms with E-state index in [0.717, 1.165) is 17.7 Å². The number of nitro benzene ring substituents is 1. The Morgan fingerprint density at radius 3 is 2.31 bits per heavy atom. The van der Waals surface area contributed by atoms with Crippen molar-refractivity contribution in [3.63, 3.8) is 0 Å². The van der Waals surface area contributed by atoms with Gasteiger partial charge in [0.05, 0.1) is 15.5 Å². The lowest BCUT2D eigenvalue weighted by Crippen LogP contribution is -2.47. The number of anilines is 1. The number of carbonyl (C=O) groups excluding carboxylic acids is 3. The van der Waals surface area contributed by atoms with E-state index in [1.165, 1.54) is 13.0 Å². The SMILES string of the molecule is Cc1ccccc1NC(=O)C(C)OC(=O)C(NC(=O)c1ccc([N+](=O)[O-])cc1Cl)C(C)C. The summed E-state index contributed by atoms with van der Waals surface area (Å²) in [5.74, 6) is -2.37. The number of hydrogen-bond donors (Lipinski definition) is 2. The fourth-order valence-electron chi connectivity index (χ4n) is 2.77. The molecule has 0 aromatic heterocycles. The van der Waals surface area contributed by atoms with Gasteiger partial charge < -0.3 is 15.4 Å². The van der Waals surface area contributed by atoms with Crippen LogP contribution in [-0.2, 0) is 14.3 Å². The Bertz CT molecular complexity index is 1040. The number of benzene rings is 2. The van der Waals surface area contributed by atoms with E-state index < -0.39 is 34.9 Å². The molecule has 0 aliphatic carbocycles. The van der Waals surface area contributed by atoms with Gasteiger partial charge in [0.1, 0.15) is 6.04 Å². The van der Waals surface area contributed by atoms with E-state index in [1.54, 1.807) is 26.0 Å². The van der Waals surface area contributed by atoms with E-state index in [4.69, 9.17) is 16.3 Å². The van der Waals surface area contributed by atoms with Crippen molar-refractivity contribution in [3.05, 3.63) is 68.7 Å². The third-order valence-electron chi connectivity index (χ3n) is 4.68. The fraction of sp³-hybridized carbons (Fsp3) is 0.318. The summed E-state index contributed by atoms with van der Waals surface area (Å²) in [4.78, 5) is 47.9. The normalized spacial score (nSPS) is 12.6. The van der Waals surface area contributed by atoms with Crippen molar-refractivity contribution in [1.29, 1.82) is 0 Å². The van der Waals surface area contributed by atoms with Gasteiger partial charge in [0.2, 0.25) is 0 Å². The van der Waals surface area contributed by atoms with Gasteiger partial charge in [0.25, 0.3) is 17.5 Å². The fourth-order valence-corrected chi connectivity index (χ4v) is 3.03.